The van der Waals surface area contributed by atoms with Gasteiger partial charge in [-0.15, -0.1) is 0 Å². The van der Waals surface area contributed by atoms with E-state index < -0.39 is 0 Å². The van der Waals surface area contributed by atoms with E-state index in [1.807, 2.05) is 17.2 Å². The molecule has 3 nitrogen and oxygen atoms in total. The van der Waals surface area contributed by atoms with Gasteiger partial charge in [0.1, 0.15) is 6.17 Å². The third-order valence-corrected chi connectivity index (χ3v) is 2.35. The van der Waals surface area contributed by atoms with Gasteiger partial charge in [0.15, 0.2) is 0 Å². The zero-order chi connectivity index (χ0) is 8.55. The van der Waals surface area contributed by atoms with Crippen molar-refractivity contribution in [3.8, 4) is 0 Å². The Morgan fingerprint density at radius 2 is 2.33 bits per heavy atom. The van der Waals surface area contributed by atoms with Crippen LogP contribution in [0.25, 0.3) is 0 Å². The molecule has 1 fully saturated rings. The van der Waals surface area contributed by atoms with E-state index in [-0.39, 0.29) is 6.17 Å². The molecule has 0 aromatic rings. The minimum absolute atomic E-state index is 0.111. The van der Waals surface area contributed by atoms with Crippen LogP contribution in [0, 0.1) is 0 Å². The SMILES string of the molecule is NN(C1CC1)C1C=CC(Cl)=CN1. The van der Waals surface area contributed by atoms with E-state index in [0.29, 0.717) is 6.04 Å². The molecule has 2 aliphatic rings. The van der Waals surface area contributed by atoms with Crippen molar-refractivity contribution in [2.75, 3.05) is 0 Å². The minimum atomic E-state index is 0.111. The molecular formula is C8H12ClN3. The number of dihydropyridines is 1. The van der Waals surface area contributed by atoms with Crippen LogP contribution in [0.3, 0.4) is 0 Å². The van der Waals surface area contributed by atoms with Crippen molar-refractivity contribution >= 4 is 11.6 Å². The molecule has 0 saturated heterocycles. The summed E-state index contributed by atoms with van der Waals surface area (Å²) in [6, 6.07) is 0.553. The van der Waals surface area contributed by atoms with E-state index >= 15 is 0 Å². The molecule has 1 saturated carbocycles. The molecule has 0 amide bonds. The molecule has 1 aliphatic heterocycles. The standard InChI is InChI=1S/C8H12ClN3/c9-6-1-4-8(11-5-6)12(10)7-2-3-7/h1,4-5,7-8,11H,2-3,10H2. The van der Waals surface area contributed by atoms with Crippen LogP contribution in [0.5, 0.6) is 0 Å². The van der Waals surface area contributed by atoms with Gasteiger partial charge in [0.05, 0.1) is 5.03 Å². The van der Waals surface area contributed by atoms with E-state index in [2.05, 4.69) is 5.32 Å². The maximum atomic E-state index is 5.85. The normalized spacial score (nSPS) is 28.6. The lowest BCUT2D eigenvalue weighted by Crippen LogP contribution is -2.48. The number of nitrogens with two attached hydrogens (primary N) is 1. The largest absolute Gasteiger partial charge is 0.370 e. The van der Waals surface area contributed by atoms with Crippen LogP contribution in [-0.2, 0) is 0 Å². The predicted octanol–water partition coefficient (Wildman–Crippen LogP) is 0.890. The van der Waals surface area contributed by atoms with Crippen LogP contribution in [0.4, 0.5) is 0 Å². The highest BCUT2D eigenvalue weighted by Gasteiger charge is 2.30. The summed E-state index contributed by atoms with van der Waals surface area (Å²) in [6.07, 6.45) is 8.14. The third kappa shape index (κ3) is 1.63. The van der Waals surface area contributed by atoms with Crippen molar-refractivity contribution < 1.29 is 0 Å². The fourth-order valence-corrected chi connectivity index (χ4v) is 1.37. The summed E-state index contributed by atoms with van der Waals surface area (Å²) in [5, 5.41) is 5.67. The van der Waals surface area contributed by atoms with E-state index in [4.69, 9.17) is 17.4 Å². The van der Waals surface area contributed by atoms with Gasteiger partial charge in [-0.1, -0.05) is 11.6 Å². The zero-order valence-electron chi connectivity index (χ0n) is 6.70. The number of nitrogens with zero attached hydrogens (tertiary/aromatic N) is 1. The summed E-state index contributed by atoms with van der Waals surface area (Å²) >= 11 is 5.73. The maximum Gasteiger partial charge on any atom is 0.112 e. The summed E-state index contributed by atoms with van der Waals surface area (Å²) in [7, 11) is 0. The van der Waals surface area contributed by atoms with E-state index in [1.54, 1.807) is 6.20 Å². The van der Waals surface area contributed by atoms with Crippen molar-refractivity contribution in [2.45, 2.75) is 25.0 Å². The molecule has 1 aliphatic carbocycles. The second-order valence-corrected chi connectivity index (χ2v) is 3.61. The topological polar surface area (TPSA) is 41.3 Å². The van der Waals surface area contributed by atoms with Gasteiger partial charge < -0.3 is 5.32 Å². The van der Waals surface area contributed by atoms with Crippen molar-refractivity contribution in [3.63, 3.8) is 0 Å². The van der Waals surface area contributed by atoms with Crippen LogP contribution >= 0.6 is 11.6 Å². The molecule has 1 atom stereocenters. The molecule has 1 unspecified atom stereocenters. The maximum absolute atomic E-state index is 5.85. The van der Waals surface area contributed by atoms with Crippen LogP contribution in [0.2, 0.25) is 0 Å². The number of halogens is 1. The van der Waals surface area contributed by atoms with Crippen LogP contribution in [-0.4, -0.2) is 17.2 Å². The van der Waals surface area contributed by atoms with Crippen molar-refractivity contribution in [1.82, 2.24) is 10.3 Å². The predicted molar refractivity (Wildman–Crippen MR) is 49.0 cm³/mol. The fraction of sp³-hybridized carbons (Fsp3) is 0.500. The number of hydrogen-bond donors (Lipinski definition) is 2. The first-order valence-electron chi connectivity index (χ1n) is 4.10. The fourth-order valence-electron chi connectivity index (χ4n) is 1.24. The summed E-state index contributed by atoms with van der Waals surface area (Å²) in [4.78, 5) is 0. The summed E-state index contributed by atoms with van der Waals surface area (Å²) in [6.45, 7) is 0. The summed E-state index contributed by atoms with van der Waals surface area (Å²) in [5.74, 6) is 5.85. The molecule has 2 rings (SSSR count). The Hall–Kier alpha value is -0.510. The average molecular weight is 186 g/mol. The Labute approximate surface area is 76.8 Å². The van der Waals surface area contributed by atoms with E-state index in [0.717, 1.165) is 5.03 Å². The van der Waals surface area contributed by atoms with Crippen LogP contribution in [0.15, 0.2) is 23.4 Å². The molecular weight excluding hydrogens is 174 g/mol. The van der Waals surface area contributed by atoms with Crippen molar-refractivity contribution in [2.24, 2.45) is 5.84 Å². The highest BCUT2D eigenvalue weighted by molar-refractivity contribution is 6.31. The molecule has 0 bridgehead atoms. The Balaban J connectivity index is 1.94. The van der Waals surface area contributed by atoms with Gasteiger partial charge in [0, 0.05) is 12.2 Å². The van der Waals surface area contributed by atoms with Crippen LogP contribution < -0.4 is 11.2 Å². The lowest BCUT2D eigenvalue weighted by molar-refractivity contribution is 0.206. The second kappa shape index (κ2) is 3.09. The van der Waals surface area contributed by atoms with Crippen molar-refractivity contribution in [1.29, 1.82) is 0 Å². The van der Waals surface area contributed by atoms with E-state index in [1.165, 1.54) is 12.8 Å². The van der Waals surface area contributed by atoms with Crippen LogP contribution in [0.1, 0.15) is 12.8 Å². The molecule has 1 heterocycles. The number of nitrogens with one attached hydrogen (secondary N) is 1. The average Bonchev–Trinajstić information content (AvgIpc) is 2.87. The Bertz CT molecular complexity index is 232. The molecule has 66 valence electrons. The van der Waals surface area contributed by atoms with Gasteiger partial charge in [-0.2, -0.15) is 0 Å². The molecule has 0 radical (unpaired) electrons. The number of rotatable bonds is 2. The first-order chi connectivity index (χ1) is 5.77. The molecule has 4 heteroatoms. The number of hydrogen-bond acceptors (Lipinski definition) is 3. The molecule has 0 spiro atoms. The Kier molecular flexibility index (Phi) is 2.09. The van der Waals surface area contributed by atoms with Gasteiger partial charge in [-0.05, 0) is 25.0 Å². The molecule has 0 aromatic heterocycles. The van der Waals surface area contributed by atoms with Gasteiger partial charge in [0.2, 0.25) is 0 Å². The third-order valence-electron chi connectivity index (χ3n) is 2.12. The highest BCUT2D eigenvalue weighted by atomic mass is 35.5. The van der Waals surface area contributed by atoms with Gasteiger partial charge in [-0.3, -0.25) is 5.84 Å². The van der Waals surface area contributed by atoms with Gasteiger partial charge in [-0.25, -0.2) is 5.01 Å². The lowest BCUT2D eigenvalue weighted by Gasteiger charge is -2.26. The molecule has 12 heavy (non-hydrogen) atoms. The monoisotopic (exact) mass is 185 g/mol. The van der Waals surface area contributed by atoms with Crippen molar-refractivity contribution in [3.05, 3.63) is 23.4 Å². The Morgan fingerprint density at radius 3 is 2.83 bits per heavy atom. The lowest BCUT2D eigenvalue weighted by atomic mass is 10.3. The number of hydrazine groups is 1. The zero-order valence-corrected chi connectivity index (χ0v) is 7.46. The number of allylic oxidation sites excluding steroid dienone is 2. The molecule has 3 N–H and O–H groups in total. The van der Waals surface area contributed by atoms with E-state index in [9.17, 15) is 0 Å². The minimum Gasteiger partial charge on any atom is -0.370 e. The smallest absolute Gasteiger partial charge is 0.112 e. The highest BCUT2D eigenvalue weighted by Crippen LogP contribution is 2.26. The molecule has 0 aromatic carbocycles. The summed E-state index contributed by atoms with van der Waals surface area (Å²) < 4.78 is 0. The van der Waals surface area contributed by atoms with Gasteiger partial charge in [0.25, 0.3) is 0 Å². The quantitative estimate of drug-likeness (QED) is 0.496. The van der Waals surface area contributed by atoms with Gasteiger partial charge >= 0.3 is 0 Å². The first kappa shape index (κ1) is 8.10. The second-order valence-electron chi connectivity index (χ2n) is 3.18. The summed E-state index contributed by atoms with van der Waals surface area (Å²) in [5.41, 5.74) is 0. The Morgan fingerprint density at radius 1 is 1.58 bits per heavy atom. The first-order valence-corrected chi connectivity index (χ1v) is 4.48.